The largest absolute Gasteiger partial charge is 0.260 e. The summed E-state index contributed by atoms with van der Waals surface area (Å²) in [4.78, 5) is 4.49. The fourth-order valence-corrected chi connectivity index (χ4v) is 3.15. The molecule has 0 N–H and O–H groups in total. The molecule has 2 aromatic carbocycles. The molecule has 0 radical (unpaired) electrons. The minimum Gasteiger partial charge on any atom is -0.260 e. The fourth-order valence-electron chi connectivity index (χ4n) is 3.15. The van der Waals surface area contributed by atoms with E-state index in [0.29, 0.717) is 6.42 Å². The summed E-state index contributed by atoms with van der Waals surface area (Å²) in [6.45, 7) is 5.37. The number of alkyl halides is 1. The first kappa shape index (κ1) is 19.0. The van der Waals surface area contributed by atoms with Crippen LogP contribution in [0.4, 0.5) is 4.39 Å². The van der Waals surface area contributed by atoms with Gasteiger partial charge in [-0.15, -0.1) is 6.58 Å². The van der Waals surface area contributed by atoms with Crippen molar-refractivity contribution in [3.05, 3.63) is 84.7 Å². The lowest BCUT2D eigenvalue weighted by molar-refractivity contribution is 0.335. The van der Waals surface area contributed by atoms with Gasteiger partial charge in [-0.2, -0.15) is 0 Å². The van der Waals surface area contributed by atoms with Crippen LogP contribution in [0.1, 0.15) is 37.4 Å². The molecule has 1 atom stereocenters. The van der Waals surface area contributed by atoms with Crippen molar-refractivity contribution in [1.82, 2.24) is 4.98 Å². The molecular weight excluding hydrogens is 333 g/mol. The van der Waals surface area contributed by atoms with Crippen LogP contribution >= 0.6 is 0 Å². The first-order valence-electron chi connectivity index (χ1n) is 9.56. The third-order valence-electron chi connectivity index (χ3n) is 4.66. The van der Waals surface area contributed by atoms with E-state index in [2.05, 4.69) is 72.2 Å². The first-order chi connectivity index (χ1) is 13.2. The number of hydrogen-bond acceptors (Lipinski definition) is 1. The third-order valence-corrected chi connectivity index (χ3v) is 4.66. The van der Waals surface area contributed by atoms with E-state index >= 15 is 0 Å². The second kappa shape index (κ2) is 9.27. The van der Waals surface area contributed by atoms with E-state index in [4.69, 9.17) is 0 Å². The lowest BCUT2D eigenvalue weighted by Crippen LogP contribution is -1.90. The molecule has 1 nitrogen and oxygen atoms in total. The molecule has 0 saturated heterocycles. The molecule has 0 spiro atoms. The molecule has 0 aliphatic carbocycles. The first-order valence-corrected chi connectivity index (χ1v) is 9.56. The smallest absolute Gasteiger partial charge is 0.0973 e. The highest BCUT2D eigenvalue weighted by Gasteiger charge is 2.02. The number of benzene rings is 2. The molecule has 3 aromatic rings. The van der Waals surface area contributed by atoms with Gasteiger partial charge in [-0.1, -0.05) is 48.6 Å². The summed E-state index contributed by atoms with van der Waals surface area (Å²) in [5.74, 6) is 0. The van der Waals surface area contributed by atoms with Crippen molar-refractivity contribution in [3.8, 4) is 11.1 Å². The zero-order chi connectivity index (χ0) is 19.1. The van der Waals surface area contributed by atoms with Crippen LogP contribution < -0.4 is 0 Å². The summed E-state index contributed by atoms with van der Waals surface area (Å²) in [6.07, 6.45) is 10.6. The van der Waals surface area contributed by atoms with E-state index in [-0.39, 0.29) is 0 Å². The molecule has 0 aliphatic heterocycles. The Morgan fingerprint density at radius 2 is 1.81 bits per heavy atom. The zero-order valence-electron chi connectivity index (χ0n) is 15.9. The van der Waals surface area contributed by atoms with Crippen LogP contribution in [0.5, 0.6) is 0 Å². The normalized spacial score (nSPS) is 12.5. The highest BCUT2D eigenvalue weighted by atomic mass is 19.1. The van der Waals surface area contributed by atoms with E-state index in [0.717, 1.165) is 30.5 Å². The quantitative estimate of drug-likeness (QED) is 0.307. The van der Waals surface area contributed by atoms with Gasteiger partial charge in [0.2, 0.25) is 0 Å². The second-order valence-electron chi connectivity index (χ2n) is 6.97. The fraction of sp³-hybridized carbons (Fsp3) is 0.240. The predicted octanol–water partition coefficient (Wildman–Crippen LogP) is 7.17. The van der Waals surface area contributed by atoms with Crippen LogP contribution in [0.25, 0.3) is 28.0 Å². The van der Waals surface area contributed by atoms with Gasteiger partial charge < -0.3 is 0 Å². The van der Waals surface area contributed by atoms with E-state index in [1.807, 2.05) is 12.3 Å². The average molecular weight is 359 g/mol. The van der Waals surface area contributed by atoms with E-state index in [1.54, 1.807) is 6.92 Å². The van der Waals surface area contributed by atoms with E-state index < -0.39 is 6.17 Å². The summed E-state index contributed by atoms with van der Waals surface area (Å²) < 4.78 is 12.8. The third kappa shape index (κ3) is 5.37. The summed E-state index contributed by atoms with van der Waals surface area (Å²) >= 11 is 0. The van der Waals surface area contributed by atoms with Gasteiger partial charge in [-0.3, -0.25) is 4.98 Å². The Kier molecular flexibility index (Phi) is 6.54. The van der Waals surface area contributed by atoms with Crippen molar-refractivity contribution >= 4 is 16.8 Å². The zero-order valence-corrected chi connectivity index (χ0v) is 15.9. The Morgan fingerprint density at radius 3 is 2.56 bits per heavy atom. The maximum absolute atomic E-state index is 12.8. The Morgan fingerprint density at radius 1 is 1.04 bits per heavy atom. The molecule has 1 heterocycles. The molecule has 1 aromatic heterocycles. The number of rotatable bonds is 8. The minimum absolute atomic E-state index is 0.633. The predicted molar refractivity (Wildman–Crippen MR) is 115 cm³/mol. The molecule has 0 amide bonds. The summed E-state index contributed by atoms with van der Waals surface area (Å²) in [7, 11) is 0. The Balaban J connectivity index is 1.73. The Hall–Kier alpha value is -2.74. The van der Waals surface area contributed by atoms with Crippen LogP contribution in [0.3, 0.4) is 0 Å². The number of nitrogens with zero attached hydrogens (tertiary/aromatic N) is 1. The maximum Gasteiger partial charge on any atom is 0.0973 e. The lowest BCUT2D eigenvalue weighted by atomic mass is 10.0. The summed E-state index contributed by atoms with van der Waals surface area (Å²) in [5.41, 5.74) is 4.51. The van der Waals surface area contributed by atoms with Crippen molar-refractivity contribution in [3.63, 3.8) is 0 Å². The van der Waals surface area contributed by atoms with Crippen molar-refractivity contribution in [1.29, 1.82) is 0 Å². The molecule has 138 valence electrons. The molecule has 0 fully saturated rings. The van der Waals surface area contributed by atoms with Crippen LogP contribution in [0.2, 0.25) is 0 Å². The highest BCUT2D eigenvalue weighted by molar-refractivity contribution is 5.88. The van der Waals surface area contributed by atoms with Gasteiger partial charge in [-0.05, 0) is 66.3 Å². The van der Waals surface area contributed by atoms with Crippen LogP contribution in [-0.2, 0) is 6.42 Å². The Bertz CT molecular complexity index is 923. The van der Waals surface area contributed by atoms with Crippen molar-refractivity contribution in [2.24, 2.45) is 0 Å². The van der Waals surface area contributed by atoms with Crippen molar-refractivity contribution < 1.29 is 4.39 Å². The molecule has 0 aliphatic rings. The van der Waals surface area contributed by atoms with Gasteiger partial charge in [0.15, 0.2) is 0 Å². The minimum atomic E-state index is -0.707. The summed E-state index contributed by atoms with van der Waals surface area (Å²) in [5, 5.41) is 2.43. The highest BCUT2D eigenvalue weighted by Crippen LogP contribution is 2.25. The number of allylic oxidation sites excluding steroid dienone is 2. The number of hydrogen-bond donors (Lipinski definition) is 0. The molecule has 27 heavy (non-hydrogen) atoms. The van der Waals surface area contributed by atoms with E-state index in [1.165, 1.54) is 21.9 Å². The standard InChI is InChI=1S/C25H26FN/c1-3-7-25-15-14-24(18-27-25)23-13-12-21-16-20(10-11-22(21)17-23)9-6-4-5-8-19(2)26/h3,6,9-19H,1,4-5,7-8H2,2H3/b9-6+. The topological polar surface area (TPSA) is 12.9 Å². The number of fused-ring (bicyclic) bond motifs is 1. The van der Waals surface area contributed by atoms with Crippen LogP contribution in [0, 0.1) is 0 Å². The molecule has 0 saturated carbocycles. The van der Waals surface area contributed by atoms with Crippen molar-refractivity contribution in [2.45, 2.75) is 38.8 Å². The molecule has 1 unspecified atom stereocenters. The lowest BCUT2D eigenvalue weighted by Gasteiger charge is -2.06. The average Bonchev–Trinajstić information content (AvgIpc) is 2.68. The SMILES string of the molecule is C=CCc1ccc(-c2ccc3cc(/C=C/CCCC(C)F)ccc3c2)cn1. The van der Waals surface area contributed by atoms with Gasteiger partial charge in [-0.25, -0.2) is 4.39 Å². The number of pyridine rings is 1. The number of halogens is 1. The Labute approximate surface area is 161 Å². The molecule has 2 heteroatoms. The van der Waals surface area contributed by atoms with Gasteiger partial charge in [0.05, 0.1) is 6.17 Å². The number of aromatic nitrogens is 1. The van der Waals surface area contributed by atoms with Crippen LogP contribution in [-0.4, -0.2) is 11.2 Å². The molecule has 0 bridgehead atoms. The molecule has 3 rings (SSSR count). The van der Waals surface area contributed by atoms with Crippen molar-refractivity contribution in [2.75, 3.05) is 0 Å². The van der Waals surface area contributed by atoms with Crippen LogP contribution in [0.15, 0.2) is 73.5 Å². The van der Waals surface area contributed by atoms with Gasteiger partial charge in [0.25, 0.3) is 0 Å². The second-order valence-corrected chi connectivity index (χ2v) is 6.97. The van der Waals surface area contributed by atoms with Gasteiger partial charge in [0, 0.05) is 23.9 Å². The van der Waals surface area contributed by atoms with Gasteiger partial charge >= 0.3 is 0 Å². The van der Waals surface area contributed by atoms with E-state index in [9.17, 15) is 4.39 Å². The maximum atomic E-state index is 12.8. The monoisotopic (exact) mass is 359 g/mol. The number of unbranched alkanes of at least 4 members (excludes halogenated alkanes) is 1. The molecular formula is C25H26FN. The summed E-state index contributed by atoms with van der Waals surface area (Å²) in [6, 6.07) is 17.1. The van der Waals surface area contributed by atoms with Gasteiger partial charge in [0.1, 0.15) is 0 Å².